The summed E-state index contributed by atoms with van der Waals surface area (Å²) in [6.45, 7) is 0.437. The maximum atomic E-state index is 12.3. The molecular weight excluding hydrogens is 320 g/mol. The van der Waals surface area contributed by atoms with Crippen molar-refractivity contribution in [3.63, 3.8) is 0 Å². The van der Waals surface area contributed by atoms with Gasteiger partial charge in [0.05, 0.1) is 5.92 Å². The number of carboxylic acid groups (broad SMARTS) is 1. The van der Waals surface area contributed by atoms with Crippen LogP contribution in [0.25, 0.3) is 0 Å². The Hall–Kier alpha value is -2.89. The van der Waals surface area contributed by atoms with Gasteiger partial charge in [-0.15, -0.1) is 0 Å². The summed E-state index contributed by atoms with van der Waals surface area (Å²) >= 11 is 0. The Kier molecular flexibility index (Phi) is 5.28. The first-order valence-corrected chi connectivity index (χ1v) is 8.27. The summed E-state index contributed by atoms with van der Waals surface area (Å²) in [6, 6.07) is 10.6. The number of rotatable bonds is 6. The van der Waals surface area contributed by atoms with E-state index in [1.54, 1.807) is 36.7 Å². The van der Waals surface area contributed by atoms with Gasteiger partial charge < -0.3 is 15.2 Å². The fourth-order valence-electron chi connectivity index (χ4n) is 2.95. The van der Waals surface area contributed by atoms with Crippen LogP contribution in [-0.4, -0.2) is 28.0 Å². The third kappa shape index (κ3) is 4.56. The zero-order valence-corrected chi connectivity index (χ0v) is 13.7. The summed E-state index contributed by atoms with van der Waals surface area (Å²) in [5.74, 6) is -0.640. The quantitative estimate of drug-likeness (QED) is 0.844. The predicted octanol–water partition coefficient (Wildman–Crippen LogP) is 2.64. The summed E-state index contributed by atoms with van der Waals surface area (Å²) in [4.78, 5) is 27.2. The maximum Gasteiger partial charge on any atom is 0.306 e. The van der Waals surface area contributed by atoms with Crippen LogP contribution in [0.2, 0.25) is 0 Å². The molecule has 1 aliphatic rings. The van der Waals surface area contributed by atoms with Gasteiger partial charge in [0.1, 0.15) is 12.4 Å². The molecule has 0 aliphatic heterocycles. The van der Waals surface area contributed by atoms with E-state index < -0.39 is 5.97 Å². The van der Waals surface area contributed by atoms with Crippen LogP contribution in [0, 0.1) is 5.92 Å². The van der Waals surface area contributed by atoms with E-state index in [2.05, 4.69) is 10.3 Å². The molecule has 1 saturated carbocycles. The first-order chi connectivity index (χ1) is 12.1. The highest BCUT2D eigenvalue weighted by molar-refractivity contribution is 5.94. The van der Waals surface area contributed by atoms with E-state index in [0.29, 0.717) is 37.2 Å². The van der Waals surface area contributed by atoms with Gasteiger partial charge in [-0.2, -0.15) is 0 Å². The van der Waals surface area contributed by atoms with Crippen molar-refractivity contribution in [3.8, 4) is 5.75 Å². The first kappa shape index (κ1) is 17.0. The van der Waals surface area contributed by atoms with E-state index in [4.69, 9.17) is 9.84 Å². The Morgan fingerprint density at radius 3 is 2.48 bits per heavy atom. The van der Waals surface area contributed by atoms with Crippen molar-refractivity contribution in [2.24, 2.45) is 5.92 Å². The monoisotopic (exact) mass is 340 g/mol. The zero-order chi connectivity index (χ0) is 17.6. The van der Waals surface area contributed by atoms with Gasteiger partial charge in [0.15, 0.2) is 0 Å². The largest absolute Gasteiger partial charge is 0.489 e. The number of carboxylic acids is 1. The number of aromatic nitrogens is 1. The molecule has 0 unspecified atom stereocenters. The first-order valence-electron chi connectivity index (χ1n) is 8.27. The third-order valence-corrected chi connectivity index (χ3v) is 4.39. The highest BCUT2D eigenvalue weighted by Crippen LogP contribution is 2.26. The fraction of sp³-hybridized carbons (Fsp3) is 0.316. The summed E-state index contributed by atoms with van der Waals surface area (Å²) in [6.07, 6.45) is 5.24. The molecule has 0 bridgehead atoms. The number of nitrogens with zero attached hydrogens (tertiary/aromatic N) is 1. The minimum Gasteiger partial charge on any atom is -0.489 e. The number of pyridine rings is 1. The Labute approximate surface area is 145 Å². The van der Waals surface area contributed by atoms with Crippen molar-refractivity contribution in [1.29, 1.82) is 0 Å². The second-order valence-corrected chi connectivity index (χ2v) is 6.19. The van der Waals surface area contributed by atoms with Crippen LogP contribution < -0.4 is 10.1 Å². The summed E-state index contributed by atoms with van der Waals surface area (Å²) in [7, 11) is 0. The minimum absolute atomic E-state index is 0.0729. The van der Waals surface area contributed by atoms with Crippen LogP contribution in [0.3, 0.4) is 0 Å². The maximum absolute atomic E-state index is 12.3. The van der Waals surface area contributed by atoms with Crippen LogP contribution in [0.5, 0.6) is 5.75 Å². The molecule has 0 spiro atoms. The highest BCUT2D eigenvalue weighted by Gasteiger charge is 2.30. The molecule has 130 valence electrons. The normalized spacial score (nSPS) is 19.4. The van der Waals surface area contributed by atoms with E-state index in [1.807, 2.05) is 12.1 Å². The van der Waals surface area contributed by atoms with Crippen molar-refractivity contribution >= 4 is 11.9 Å². The van der Waals surface area contributed by atoms with Gasteiger partial charge in [0.2, 0.25) is 0 Å². The second kappa shape index (κ2) is 7.79. The molecule has 25 heavy (non-hydrogen) atoms. The van der Waals surface area contributed by atoms with Crippen LogP contribution >= 0.6 is 0 Å². The van der Waals surface area contributed by atoms with Crippen LogP contribution in [0.4, 0.5) is 0 Å². The SMILES string of the molecule is O=C(N[C@H]1CC[C@@H](C(=O)O)C1)c1ccc(OCc2ccncc2)cc1. The Balaban J connectivity index is 1.51. The van der Waals surface area contributed by atoms with Crippen LogP contribution in [-0.2, 0) is 11.4 Å². The van der Waals surface area contributed by atoms with Gasteiger partial charge in [0, 0.05) is 24.0 Å². The number of ether oxygens (including phenoxy) is 1. The number of carbonyl (C=O) groups excluding carboxylic acids is 1. The summed E-state index contributed by atoms with van der Waals surface area (Å²) < 4.78 is 5.68. The van der Waals surface area contributed by atoms with Gasteiger partial charge in [-0.3, -0.25) is 14.6 Å². The second-order valence-electron chi connectivity index (χ2n) is 6.19. The molecule has 1 aromatic heterocycles. The van der Waals surface area contributed by atoms with Gasteiger partial charge >= 0.3 is 5.97 Å². The van der Waals surface area contributed by atoms with Gasteiger partial charge in [-0.25, -0.2) is 0 Å². The third-order valence-electron chi connectivity index (χ3n) is 4.39. The van der Waals surface area contributed by atoms with Crippen LogP contribution in [0.15, 0.2) is 48.8 Å². The molecule has 1 aromatic carbocycles. The lowest BCUT2D eigenvalue weighted by Gasteiger charge is -2.13. The summed E-state index contributed by atoms with van der Waals surface area (Å²) in [5, 5.41) is 11.9. The summed E-state index contributed by atoms with van der Waals surface area (Å²) in [5.41, 5.74) is 1.56. The number of benzene rings is 1. The molecular formula is C19H20N2O4. The zero-order valence-electron chi connectivity index (χ0n) is 13.7. The smallest absolute Gasteiger partial charge is 0.306 e. The number of aliphatic carboxylic acids is 1. The minimum atomic E-state index is -0.785. The Morgan fingerprint density at radius 2 is 1.84 bits per heavy atom. The van der Waals surface area contributed by atoms with Crippen molar-refractivity contribution in [1.82, 2.24) is 10.3 Å². The number of amides is 1. The molecule has 2 atom stereocenters. The molecule has 0 saturated heterocycles. The molecule has 1 amide bonds. The lowest BCUT2D eigenvalue weighted by atomic mass is 10.1. The van der Waals surface area contributed by atoms with Gasteiger partial charge in [-0.1, -0.05) is 0 Å². The highest BCUT2D eigenvalue weighted by atomic mass is 16.5. The van der Waals surface area contributed by atoms with Crippen molar-refractivity contribution in [3.05, 3.63) is 59.9 Å². The molecule has 0 radical (unpaired) electrons. The topological polar surface area (TPSA) is 88.5 Å². The molecule has 6 heteroatoms. The fourth-order valence-corrected chi connectivity index (χ4v) is 2.95. The Morgan fingerprint density at radius 1 is 1.12 bits per heavy atom. The lowest BCUT2D eigenvalue weighted by Crippen LogP contribution is -2.33. The number of hydrogen-bond donors (Lipinski definition) is 2. The van der Waals surface area contributed by atoms with Crippen LogP contribution in [0.1, 0.15) is 35.2 Å². The van der Waals surface area contributed by atoms with Crippen molar-refractivity contribution in [2.45, 2.75) is 31.9 Å². The number of nitrogens with one attached hydrogen (secondary N) is 1. The number of carbonyl (C=O) groups is 2. The molecule has 2 N–H and O–H groups in total. The van der Waals surface area contributed by atoms with Crippen molar-refractivity contribution < 1.29 is 19.4 Å². The van der Waals surface area contributed by atoms with E-state index in [9.17, 15) is 9.59 Å². The van der Waals surface area contributed by atoms with Gasteiger partial charge in [0.25, 0.3) is 5.91 Å². The molecule has 1 fully saturated rings. The predicted molar refractivity (Wildman–Crippen MR) is 91.2 cm³/mol. The lowest BCUT2D eigenvalue weighted by molar-refractivity contribution is -0.141. The van der Waals surface area contributed by atoms with E-state index >= 15 is 0 Å². The van der Waals surface area contributed by atoms with E-state index in [0.717, 1.165) is 5.56 Å². The number of hydrogen-bond acceptors (Lipinski definition) is 4. The van der Waals surface area contributed by atoms with Gasteiger partial charge in [-0.05, 0) is 61.2 Å². The molecule has 1 heterocycles. The average molecular weight is 340 g/mol. The van der Waals surface area contributed by atoms with E-state index in [-0.39, 0.29) is 17.9 Å². The molecule has 3 rings (SSSR count). The molecule has 6 nitrogen and oxygen atoms in total. The average Bonchev–Trinajstić information content (AvgIpc) is 3.10. The molecule has 2 aromatic rings. The standard InChI is InChI=1S/C19H20N2O4/c22-18(21-16-4-1-15(11-16)19(23)24)14-2-5-17(6-3-14)25-12-13-7-9-20-10-8-13/h2-3,5-10,15-16H,1,4,11-12H2,(H,21,22)(H,23,24)/t15-,16+/m1/s1. The Bertz CT molecular complexity index is 731. The van der Waals surface area contributed by atoms with E-state index in [1.165, 1.54) is 0 Å². The molecule has 1 aliphatic carbocycles. The van der Waals surface area contributed by atoms with Crippen molar-refractivity contribution in [2.75, 3.05) is 0 Å².